The average Bonchev–Trinajstić information content (AvgIpc) is 2.95. The summed E-state index contributed by atoms with van der Waals surface area (Å²) in [4.78, 5) is 15.9. The summed E-state index contributed by atoms with van der Waals surface area (Å²) in [6, 6.07) is 15.4. The van der Waals surface area contributed by atoms with Gasteiger partial charge in [0.15, 0.2) is 0 Å². The van der Waals surface area contributed by atoms with Gasteiger partial charge in [0, 0.05) is 0 Å². The van der Waals surface area contributed by atoms with Gasteiger partial charge < -0.3 is 4.74 Å². The number of aromatic nitrogens is 1. The maximum absolute atomic E-state index is 11.4. The van der Waals surface area contributed by atoms with Crippen LogP contribution in [0.4, 0.5) is 0 Å². The molecule has 0 radical (unpaired) electrons. The molecule has 1 aromatic heterocycles. The highest BCUT2D eigenvalue weighted by Crippen LogP contribution is 2.23. The first-order chi connectivity index (χ1) is 10.3. The average molecular weight is 295 g/mol. The highest BCUT2D eigenvalue weighted by Gasteiger charge is 2.03. The Morgan fingerprint density at radius 2 is 1.86 bits per heavy atom. The molecule has 0 N–H and O–H groups in total. The molecule has 2 aromatic carbocycles. The van der Waals surface area contributed by atoms with Gasteiger partial charge in [-0.2, -0.15) is 0 Å². The number of hydrogen-bond acceptors (Lipinski definition) is 4. The van der Waals surface area contributed by atoms with Crippen LogP contribution in [0.3, 0.4) is 0 Å². The molecule has 3 rings (SSSR count). The predicted octanol–water partition coefficient (Wildman–Crippen LogP) is 4.25. The van der Waals surface area contributed by atoms with E-state index < -0.39 is 0 Å². The van der Waals surface area contributed by atoms with Crippen LogP contribution in [0.2, 0.25) is 0 Å². The molecule has 0 fully saturated rings. The second-order valence-corrected chi connectivity index (χ2v) is 5.53. The van der Waals surface area contributed by atoms with Gasteiger partial charge in [0.05, 0.1) is 22.9 Å². The fraction of sp³-hybridized carbons (Fsp3) is 0.0588. The lowest BCUT2D eigenvalue weighted by Crippen LogP contribution is -2.00. The number of para-hydroxylation sites is 1. The largest absolute Gasteiger partial charge is 0.465 e. The molecular formula is C17H13NO2S. The number of esters is 1. The van der Waals surface area contributed by atoms with Crippen molar-refractivity contribution in [2.24, 2.45) is 0 Å². The van der Waals surface area contributed by atoms with Crippen molar-refractivity contribution in [2.75, 3.05) is 7.11 Å². The summed E-state index contributed by atoms with van der Waals surface area (Å²) in [5.74, 6) is -0.322. The van der Waals surface area contributed by atoms with Gasteiger partial charge in [-0.1, -0.05) is 30.3 Å². The van der Waals surface area contributed by atoms with Gasteiger partial charge in [-0.3, -0.25) is 0 Å². The van der Waals surface area contributed by atoms with Gasteiger partial charge in [0.2, 0.25) is 0 Å². The number of carbonyl (C=O) groups is 1. The molecule has 0 aliphatic rings. The van der Waals surface area contributed by atoms with E-state index >= 15 is 0 Å². The lowest BCUT2D eigenvalue weighted by atomic mass is 10.1. The van der Waals surface area contributed by atoms with E-state index in [1.807, 2.05) is 42.5 Å². The summed E-state index contributed by atoms with van der Waals surface area (Å²) in [6.07, 6.45) is 3.97. The molecular weight excluding hydrogens is 282 g/mol. The molecule has 0 amide bonds. The van der Waals surface area contributed by atoms with Crippen LogP contribution in [0.5, 0.6) is 0 Å². The number of carbonyl (C=O) groups excluding carboxylic acids is 1. The van der Waals surface area contributed by atoms with Crippen molar-refractivity contribution in [3.63, 3.8) is 0 Å². The molecule has 0 saturated heterocycles. The zero-order valence-corrected chi connectivity index (χ0v) is 12.3. The third-order valence-electron chi connectivity index (χ3n) is 3.06. The molecule has 3 aromatic rings. The SMILES string of the molecule is COC(=O)c1ccc(C=Cc2nc3ccccc3s2)cc1. The first-order valence-corrected chi connectivity index (χ1v) is 7.30. The minimum absolute atomic E-state index is 0.322. The number of benzene rings is 2. The molecule has 0 unspecified atom stereocenters. The minimum Gasteiger partial charge on any atom is -0.465 e. The fourth-order valence-electron chi connectivity index (χ4n) is 1.98. The van der Waals surface area contributed by atoms with Crippen LogP contribution in [-0.2, 0) is 4.74 Å². The predicted molar refractivity (Wildman–Crippen MR) is 86.3 cm³/mol. The summed E-state index contributed by atoms with van der Waals surface area (Å²) in [6.45, 7) is 0. The van der Waals surface area contributed by atoms with Gasteiger partial charge in [0.25, 0.3) is 0 Å². The molecule has 0 bridgehead atoms. The van der Waals surface area contributed by atoms with E-state index in [-0.39, 0.29) is 5.97 Å². The van der Waals surface area contributed by atoms with Crippen molar-refractivity contribution in [3.8, 4) is 0 Å². The number of hydrogen-bond donors (Lipinski definition) is 0. The third-order valence-corrected chi connectivity index (χ3v) is 4.06. The number of methoxy groups -OCH3 is 1. The van der Waals surface area contributed by atoms with Crippen molar-refractivity contribution in [1.82, 2.24) is 4.98 Å². The monoisotopic (exact) mass is 295 g/mol. The number of rotatable bonds is 3. The Morgan fingerprint density at radius 1 is 1.10 bits per heavy atom. The van der Waals surface area contributed by atoms with E-state index in [0.717, 1.165) is 16.1 Å². The molecule has 0 saturated carbocycles. The first-order valence-electron chi connectivity index (χ1n) is 6.48. The van der Waals surface area contributed by atoms with E-state index in [2.05, 4.69) is 15.8 Å². The van der Waals surface area contributed by atoms with Crippen LogP contribution in [0.1, 0.15) is 20.9 Å². The van der Waals surface area contributed by atoms with E-state index in [0.29, 0.717) is 5.56 Å². The second-order valence-electron chi connectivity index (χ2n) is 4.47. The molecule has 0 aliphatic heterocycles. The second kappa shape index (κ2) is 5.89. The Balaban J connectivity index is 1.80. The normalized spacial score (nSPS) is 11.1. The smallest absolute Gasteiger partial charge is 0.337 e. The quantitative estimate of drug-likeness (QED) is 0.678. The summed E-state index contributed by atoms with van der Waals surface area (Å²) in [5, 5.41) is 0.966. The topological polar surface area (TPSA) is 39.2 Å². The van der Waals surface area contributed by atoms with Gasteiger partial charge in [-0.15, -0.1) is 11.3 Å². The zero-order valence-electron chi connectivity index (χ0n) is 11.4. The minimum atomic E-state index is -0.322. The summed E-state index contributed by atoms with van der Waals surface area (Å²) < 4.78 is 5.85. The van der Waals surface area contributed by atoms with Gasteiger partial charge in [-0.05, 0) is 35.9 Å². The fourth-order valence-corrected chi connectivity index (χ4v) is 2.85. The summed E-state index contributed by atoms with van der Waals surface area (Å²) in [5.41, 5.74) is 2.58. The van der Waals surface area contributed by atoms with E-state index in [4.69, 9.17) is 0 Å². The van der Waals surface area contributed by atoms with Gasteiger partial charge in [-0.25, -0.2) is 9.78 Å². The van der Waals surface area contributed by atoms with Crippen molar-refractivity contribution >= 4 is 39.7 Å². The van der Waals surface area contributed by atoms with E-state index in [1.54, 1.807) is 23.5 Å². The molecule has 0 atom stereocenters. The van der Waals surface area contributed by atoms with E-state index in [1.165, 1.54) is 11.8 Å². The number of ether oxygens (including phenoxy) is 1. The van der Waals surface area contributed by atoms with Crippen molar-refractivity contribution in [3.05, 3.63) is 64.7 Å². The van der Waals surface area contributed by atoms with E-state index in [9.17, 15) is 4.79 Å². The molecule has 4 heteroatoms. The Hall–Kier alpha value is -2.46. The Labute approximate surface area is 126 Å². The van der Waals surface area contributed by atoms with Crippen molar-refractivity contribution in [2.45, 2.75) is 0 Å². The maximum Gasteiger partial charge on any atom is 0.337 e. The molecule has 1 heterocycles. The molecule has 104 valence electrons. The molecule has 21 heavy (non-hydrogen) atoms. The Morgan fingerprint density at radius 3 is 2.57 bits per heavy atom. The Kier molecular flexibility index (Phi) is 3.79. The summed E-state index contributed by atoms with van der Waals surface area (Å²) >= 11 is 1.66. The van der Waals surface area contributed by atoms with Crippen LogP contribution >= 0.6 is 11.3 Å². The third kappa shape index (κ3) is 3.01. The van der Waals surface area contributed by atoms with Crippen LogP contribution in [0, 0.1) is 0 Å². The molecule has 0 aliphatic carbocycles. The Bertz CT molecular complexity index is 770. The van der Waals surface area contributed by atoms with Crippen LogP contribution in [-0.4, -0.2) is 18.1 Å². The van der Waals surface area contributed by atoms with Crippen LogP contribution in [0.15, 0.2) is 48.5 Å². The maximum atomic E-state index is 11.4. The number of fused-ring (bicyclic) bond motifs is 1. The van der Waals surface area contributed by atoms with Gasteiger partial charge >= 0.3 is 5.97 Å². The van der Waals surface area contributed by atoms with Crippen LogP contribution in [0.25, 0.3) is 22.4 Å². The van der Waals surface area contributed by atoms with Crippen molar-refractivity contribution < 1.29 is 9.53 Å². The zero-order chi connectivity index (χ0) is 14.7. The number of thiazole rings is 1. The highest BCUT2D eigenvalue weighted by atomic mass is 32.1. The van der Waals surface area contributed by atoms with Crippen molar-refractivity contribution in [1.29, 1.82) is 0 Å². The number of nitrogens with zero attached hydrogens (tertiary/aromatic N) is 1. The van der Waals surface area contributed by atoms with Gasteiger partial charge in [0.1, 0.15) is 5.01 Å². The standard InChI is InChI=1S/C17H13NO2S/c1-20-17(19)13-9-6-12(7-10-13)8-11-16-18-14-4-2-3-5-15(14)21-16/h2-11H,1H3. The highest BCUT2D eigenvalue weighted by molar-refractivity contribution is 7.19. The van der Waals surface area contributed by atoms with Crippen LogP contribution < -0.4 is 0 Å². The molecule has 3 nitrogen and oxygen atoms in total. The lowest BCUT2D eigenvalue weighted by molar-refractivity contribution is 0.0601. The summed E-state index contributed by atoms with van der Waals surface area (Å²) in [7, 11) is 1.38. The first kappa shape index (κ1) is 13.5. The molecule has 0 spiro atoms. The lowest BCUT2D eigenvalue weighted by Gasteiger charge is -1.98.